The molecule has 0 fully saturated rings. The van der Waals surface area contributed by atoms with Gasteiger partial charge in [-0.3, -0.25) is 9.10 Å². The minimum Gasteiger partial charge on any atom is -0.325 e. The fraction of sp³-hybridized carbons (Fsp3) is 0.235. The van der Waals surface area contributed by atoms with Crippen LogP contribution in [-0.2, 0) is 21.2 Å². The van der Waals surface area contributed by atoms with Crippen LogP contribution < -0.4 is 9.62 Å². The molecule has 0 spiro atoms. The van der Waals surface area contributed by atoms with Crippen LogP contribution in [0.5, 0.6) is 0 Å². The van der Waals surface area contributed by atoms with Gasteiger partial charge in [-0.1, -0.05) is 25.1 Å². The number of rotatable bonds is 6. The number of sulfonamides is 1. The highest BCUT2D eigenvalue weighted by Gasteiger charge is 2.26. The summed E-state index contributed by atoms with van der Waals surface area (Å²) >= 11 is 0. The molecule has 2 rings (SSSR count). The number of amides is 1. The molecule has 8 heteroatoms. The Hall–Kier alpha value is -2.48. The van der Waals surface area contributed by atoms with Crippen molar-refractivity contribution in [2.45, 2.75) is 13.3 Å². The molecule has 0 radical (unpaired) electrons. The van der Waals surface area contributed by atoms with Crippen molar-refractivity contribution in [1.29, 1.82) is 0 Å². The van der Waals surface area contributed by atoms with Gasteiger partial charge < -0.3 is 5.32 Å². The number of para-hydroxylation sites is 1. The Morgan fingerprint density at radius 2 is 1.64 bits per heavy atom. The van der Waals surface area contributed by atoms with Gasteiger partial charge in [-0.05, 0) is 36.2 Å². The van der Waals surface area contributed by atoms with Crippen molar-refractivity contribution in [1.82, 2.24) is 0 Å². The van der Waals surface area contributed by atoms with E-state index in [1.54, 1.807) is 12.1 Å². The predicted octanol–water partition coefficient (Wildman–Crippen LogP) is 2.93. The maximum Gasteiger partial charge on any atom is 0.245 e. The van der Waals surface area contributed by atoms with Crippen molar-refractivity contribution in [3.05, 3.63) is 59.7 Å². The Bertz CT molecular complexity index is 848. The third-order valence-electron chi connectivity index (χ3n) is 3.52. The van der Waals surface area contributed by atoms with Crippen LogP contribution in [0, 0.1) is 11.6 Å². The molecular formula is C17H18F2N2O3S. The molecule has 5 nitrogen and oxygen atoms in total. The number of carbonyl (C=O) groups excluding carboxylic acids is 1. The van der Waals surface area contributed by atoms with E-state index in [2.05, 4.69) is 5.32 Å². The summed E-state index contributed by atoms with van der Waals surface area (Å²) < 4.78 is 52.1. The smallest absolute Gasteiger partial charge is 0.245 e. The second-order valence-corrected chi connectivity index (χ2v) is 7.35. The third kappa shape index (κ3) is 4.76. The van der Waals surface area contributed by atoms with Crippen molar-refractivity contribution < 1.29 is 22.0 Å². The SMILES string of the molecule is CCc1ccc(NC(=O)CN(c2c(F)cccc2F)S(C)(=O)=O)cc1. The van der Waals surface area contributed by atoms with E-state index in [9.17, 15) is 22.0 Å². The monoisotopic (exact) mass is 368 g/mol. The molecule has 0 heterocycles. The minimum absolute atomic E-state index is 0.410. The lowest BCUT2D eigenvalue weighted by atomic mass is 10.1. The zero-order valence-electron chi connectivity index (χ0n) is 13.8. The first-order chi connectivity index (χ1) is 11.7. The maximum absolute atomic E-state index is 13.9. The van der Waals surface area contributed by atoms with Crippen molar-refractivity contribution in [3.63, 3.8) is 0 Å². The quantitative estimate of drug-likeness (QED) is 0.853. The third-order valence-corrected chi connectivity index (χ3v) is 4.63. The van der Waals surface area contributed by atoms with Gasteiger partial charge in [0.15, 0.2) is 11.6 Å². The van der Waals surface area contributed by atoms with E-state index in [1.165, 1.54) is 0 Å². The molecule has 2 aromatic carbocycles. The van der Waals surface area contributed by atoms with E-state index in [1.807, 2.05) is 19.1 Å². The molecule has 0 atom stereocenters. The van der Waals surface area contributed by atoms with E-state index in [0.29, 0.717) is 9.99 Å². The van der Waals surface area contributed by atoms with Gasteiger partial charge in [-0.25, -0.2) is 17.2 Å². The number of nitrogens with one attached hydrogen (secondary N) is 1. The number of hydrogen-bond donors (Lipinski definition) is 1. The molecule has 0 aliphatic rings. The van der Waals surface area contributed by atoms with Crippen LogP contribution in [-0.4, -0.2) is 27.1 Å². The fourth-order valence-corrected chi connectivity index (χ4v) is 3.10. The highest BCUT2D eigenvalue weighted by molar-refractivity contribution is 7.92. The van der Waals surface area contributed by atoms with E-state index in [-0.39, 0.29) is 0 Å². The molecule has 2 aromatic rings. The predicted molar refractivity (Wildman–Crippen MR) is 93.0 cm³/mol. The molecule has 1 N–H and O–H groups in total. The van der Waals surface area contributed by atoms with Crippen LogP contribution in [0.3, 0.4) is 0 Å². The van der Waals surface area contributed by atoms with Crippen LogP contribution in [0.4, 0.5) is 20.2 Å². The molecular weight excluding hydrogens is 350 g/mol. The van der Waals surface area contributed by atoms with E-state index < -0.39 is 39.8 Å². The van der Waals surface area contributed by atoms with Crippen LogP contribution in [0.2, 0.25) is 0 Å². The molecule has 0 aliphatic carbocycles. The Morgan fingerprint density at radius 3 is 2.12 bits per heavy atom. The van der Waals surface area contributed by atoms with E-state index >= 15 is 0 Å². The molecule has 0 unspecified atom stereocenters. The van der Waals surface area contributed by atoms with Crippen LogP contribution in [0.1, 0.15) is 12.5 Å². The molecule has 134 valence electrons. The Balaban J connectivity index is 2.24. The lowest BCUT2D eigenvalue weighted by Crippen LogP contribution is -2.38. The second-order valence-electron chi connectivity index (χ2n) is 5.44. The number of carbonyl (C=O) groups is 1. The van der Waals surface area contributed by atoms with E-state index in [4.69, 9.17) is 0 Å². The standard InChI is InChI=1S/C17H18F2N2O3S/c1-3-12-7-9-13(10-8-12)20-16(22)11-21(25(2,23)24)17-14(18)5-4-6-15(17)19/h4-10H,3,11H2,1-2H3,(H,20,22). The number of benzene rings is 2. The Kier molecular flexibility index (Phi) is 5.73. The number of anilines is 2. The summed E-state index contributed by atoms with van der Waals surface area (Å²) in [6.07, 6.45) is 1.62. The van der Waals surface area contributed by atoms with Gasteiger partial charge in [0, 0.05) is 5.69 Å². The molecule has 0 saturated carbocycles. The molecule has 0 aromatic heterocycles. The van der Waals surface area contributed by atoms with Gasteiger partial charge >= 0.3 is 0 Å². The second kappa shape index (κ2) is 7.60. The van der Waals surface area contributed by atoms with E-state index in [0.717, 1.165) is 36.4 Å². The molecule has 25 heavy (non-hydrogen) atoms. The molecule has 1 amide bonds. The maximum atomic E-state index is 13.9. The highest BCUT2D eigenvalue weighted by atomic mass is 32.2. The van der Waals surface area contributed by atoms with Crippen molar-refractivity contribution in [2.75, 3.05) is 22.4 Å². The zero-order valence-corrected chi connectivity index (χ0v) is 14.6. The summed E-state index contributed by atoms with van der Waals surface area (Å²) in [7, 11) is -4.07. The summed E-state index contributed by atoms with van der Waals surface area (Å²) in [5.74, 6) is -2.84. The Labute approximate surface area is 145 Å². The van der Waals surface area contributed by atoms with Gasteiger partial charge in [-0.15, -0.1) is 0 Å². The molecule has 0 aliphatic heterocycles. The zero-order chi connectivity index (χ0) is 18.6. The van der Waals surface area contributed by atoms with Crippen molar-refractivity contribution in [2.24, 2.45) is 0 Å². The summed E-state index contributed by atoms with van der Waals surface area (Å²) in [6.45, 7) is 1.24. The number of hydrogen-bond acceptors (Lipinski definition) is 3. The average Bonchev–Trinajstić information content (AvgIpc) is 2.53. The van der Waals surface area contributed by atoms with Gasteiger partial charge in [0.1, 0.15) is 12.2 Å². The Morgan fingerprint density at radius 1 is 1.08 bits per heavy atom. The van der Waals surface area contributed by atoms with Gasteiger partial charge in [0.05, 0.1) is 6.26 Å². The van der Waals surface area contributed by atoms with Gasteiger partial charge in [0.2, 0.25) is 15.9 Å². The molecule has 0 saturated heterocycles. The summed E-state index contributed by atoms with van der Waals surface area (Å²) in [4.78, 5) is 12.2. The summed E-state index contributed by atoms with van der Waals surface area (Å²) in [6, 6.07) is 9.96. The average molecular weight is 368 g/mol. The van der Waals surface area contributed by atoms with Crippen molar-refractivity contribution in [3.8, 4) is 0 Å². The normalized spacial score (nSPS) is 11.2. The number of halogens is 2. The van der Waals surface area contributed by atoms with Gasteiger partial charge in [0.25, 0.3) is 0 Å². The first-order valence-electron chi connectivity index (χ1n) is 7.53. The highest BCUT2D eigenvalue weighted by Crippen LogP contribution is 2.25. The van der Waals surface area contributed by atoms with Crippen molar-refractivity contribution >= 4 is 27.3 Å². The number of nitrogens with zero attached hydrogens (tertiary/aromatic N) is 1. The van der Waals surface area contributed by atoms with Crippen LogP contribution in [0.25, 0.3) is 0 Å². The summed E-state index contributed by atoms with van der Waals surface area (Å²) in [5, 5.41) is 2.51. The fourth-order valence-electron chi connectivity index (χ4n) is 2.24. The topological polar surface area (TPSA) is 66.5 Å². The summed E-state index contributed by atoms with van der Waals surface area (Å²) in [5.41, 5.74) is 0.760. The first-order valence-corrected chi connectivity index (χ1v) is 9.37. The first kappa shape index (κ1) is 18.9. The van der Waals surface area contributed by atoms with Crippen LogP contribution >= 0.6 is 0 Å². The largest absolute Gasteiger partial charge is 0.325 e. The molecule has 0 bridgehead atoms. The van der Waals surface area contributed by atoms with Crippen LogP contribution in [0.15, 0.2) is 42.5 Å². The number of aryl methyl sites for hydroxylation is 1. The lowest BCUT2D eigenvalue weighted by molar-refractivity contribution is -0.114. The van der Waals surface area contributed by atoms with Gasteiger partial charge in [-0.2, -0.15) is 0 Å². The minimum atomic E-state index is -4.07. The lowest BCUT2D eigenvalue weighted by Gasteiger charge is -2.22.